The molecular formula is C13H21BrN2O. The third kappa shape index (κ3) is 6.15. The van der Waals surface area contributed by atoms with Gasteiger partial charge in [-0.1, -0.05) is 0 Å². The molecule has 96 valence electrons. The molecule has 1 unspecified atom stereocenters. The summed E-state index contributed by atoms with van der Waals surface area (Å²) in [5.41, 5.74) is 1.13. The van der Waals surface area contributed by atoms with Gasteiger partial charge >= 0.3 is 0 Å². The van der Waals surface area contributed by atoms with E-state index in [1.54, 1.807) is 0 Å². The molecule has 1 N–H and O–H groups in total. The maximum Gasteiger partial charge on any atom is 0.0466 e. The number of nitrogens with zero attached hydrogens (tertiary/aromatic N) is 1. The monoisotopic (exact) mass is 300 g/mol. The lowest BCUT2D eigenvalue weighted by molar-refractivity contribution is 0.141. The summed E-state index contributed by atoms with van der Waals surface area (Å²) in [4.78, 5) is 4.39. The molecule has 0 saturated carbocycles. The number of nitrogens with one attached hydrogen (secondary N) is 1. The van der Waals surface area contributed by atoms with E-state index in [4.69, 9.17) is 4.74 Å². The Hall–Kier alpha value is -0.450. The number of aromatic nitrogens is 1. The van der Waals surface area contributed by atoms with Crippen molar-refractivity contribution in [1.29, 1.82) is 0 Å². The molecule has 0 radical (unpaired) electrons. The van der Waals surface area contributed by atoms with Crippen LogP contribution in [-0.2, 0) is 11.2 Å². The Kier molecular flexibility index (Phi) is 7.40. The standard InChI is InChI=1S/C13H21BrN2O/c1-3-17-8-4-5-12(15-2)9-13-7-6-11(14)10-16-13/h6-7,10,12,15H,3-5,8-9H2,1-2H3. The van der Waals surface area contributed by atoms with Gasteiger partial charge in [0.05, 0.1) is 0 Å². The Morgan fingerprint density at radius 1 is 1.47 bits per heavy atom. The van der Waals surface area contributed by atoms with Crippen molar-refractivity contribution < 1.29 is 4.74 Å². The quantitative estimate of drug-likeness (QED) is 0.750. The van der Waals surface area contributed by atoms with Crippen molar-refractivity contribution in [2.75, 3.05) is 20.3 Å². The van der Waals surface area contributed by atoms with Crippen molar-refractivity contribution in [2.45, 2.75) is 32.2 Å². The lowest BCUT2D eigenvalue weighted by Gasteiger charge is -2.15. The molecule has 0 bridgehead atoms. The van der Waals surface area contributed by atoms with Crippen LogP contribution < -0.4 is 5.32 Å². The fourth-order valence-electron chi connectivity index (χ4n) is 1.70. The molecule has 17 heavy (non-hydrogen) atoms. The van der Waals surface area contributed by atoms with Crippen LogP contribution in [0.25, 0.3) is 0 Å². The molecule has 1 heterocycles. The molecule has 0 aromatic carbocycles. The van der Waals surface area contributed by atoms with E-state index in [2.05, 4.69) is 32.3 Å². The lowest BCUT2D eigenvalue weighted by atomic mass is 10.1. The third-order valence-corrected chi connectivity index (χ3v) is 3.17. The summed E-state index contributed by atoms with van der Waals surface area (Å²) >= 11 is 3.39. The van der Waals surface area contributed by atoms with Crippen molar-refractivity contribution in [3.63, 3.8) is 0 Å². The van der Waals surface area contributed by atoms with E-state index in [1.807, 2.05) is 26.2 Å². The molecule has 1 aromatic rings. The normalized spacial score (nSPS) is 12.6. The van der Waals surface area contributed by atoms with Crippen molar-refractivity contribution in [1.82, 2.24) is 10.3 Å². The second-order valence-electron chi connectivity index (χ2n) is 4.00. The summed E-state index contributed by atoms with van der Waals surface area (Å²) in [5.74, 6) is 0. The molecule has 0 amide bonds. The lowest BCUT2D eigenvalue weighted by Crippen LogP contribution is -2.28. The molecule has 0 aliphatic rings. The Balaban J connectivity index is 2.33. The Morgan fingerprint density at radius 3 is 2.88 bits per heavy atom. The highest BCUT2D eigenvalue weighted by atomic mass is 79.9. The van der Waals surface area contributed by atoms with Gasteiger partial charge in [0.15, 0.2) is 0 Å². The van der Waals surface area contributed by atoms with Crippen LogP contribution in [0.5, 0.6) is 0 Å². The highest BCUT2D eigenvalue weighted by Gasteiger charge is 2.07. The predicted octanol–water partition coefficient (Wildman–Crippen LogP) is 2.79. The van der Waals surface area contributed by atoms with Gasteiger partial charge in [0.2, 0.25) is 0 Å². The highest BCUT2D eigenvalue weighted by molar-refractivity contribution is 9.10. The Bertz CT molecular complexity index is 303. The van der Waals surface area contributed by atoms with Gasteiger partial charge in [0.1, 0.15) is 0 Å². The molecule has 0 spiro atoms. The predicted molar refractivity (Wildman–Crippen MR) is 74.2 cm³/mol. The fraction of sp³-hybridized carbons (Fsp3) is 0.615. The SMILES string of the molecule is CCOCCCC(Cc1ccc(Br)cn1)NC. The van der Waals surface area contributed by atoms with Gasteiger partial charge in [-0.3, -0.25) is 4.98 Å². The van der Waals surface area contributed by atoms with Crippen LogP contribution >= 0.6 is 15.9 Å². The van der Waals surface area contributed by atoms with Gasteiger partial charge in [0, 0.05) is 42.0 Å². The Labute approximate surface area is 112 Å². The molecule has 0 aliphatic heterocycles. The zero-order chi connectivity index (χ0) is 12.5. The van der Waals surface area contributed by atoms with Crippen LogP contribution in [0.3, 0.4) is 0 Å². The molecule has 3 nitrogen and oxygen atoms in total. The summed E-state index contributed by atoms with van der Waals surface area (Å²) in [6.07, 6.45) is 5.03. The van der Waals surface area contributed by atoms with Crippen LogP contribution in [0, 0.1) is 0 Å². The average molecular weight is 301 g/mol. The van der Waals surface area contributed by atoms with Crippen molar-refractivity contribution >= 4 is 15.9 Å². The highest BCUT2D eigenvalue weighted by Crippen LogP contribution is 2.10. The zero-order valence-electron chi connectivity index (χ0n) is 10.6. The van der Waals surface area contributed by atoms with Crippen LogP contribution in [-0.4, -0.2) is 31.3 Å². The topological polar surface area (TPSA) is 34.1 Å². The van der Waals surface area contributed by atoms with Crippen LogP contribution in [0.1, 0.15) is 25.5 Å². The van der Waals surface area contributed by atoms with Gasteiger partial charge in [0.25, 0.3) is 0 Å². The fourth-order valence-corrected chi connectivity index (χ4v) is 1.94. The minimum Gasteiger partial charge on any atom is -0.382 e. The van der Waals surface area contributed by atoms with E-state index in [1.165, 1.54) is 0 Å². The molecule has 0 aliphatic carbocycles. The molecular weight excluding hydrogens is 280 g/mol. The molecule has 0 saturated heterocycles. The molecule has 1 atom stereocenters. The number of hydrogen-bond acceptors (Lipinski definition) is 3. The first-order valence-electron chi connectivity index (χ1n) is 6.11. The zero-order valence-corrected chi connectivity index (χ0v) is 12.2. The van der Waals surface area contributed by atoms with Crippen molar-refractivity contribution in [3.8, 4) is 0 Å². The number of rotatable bonds is 8. The minimum atomic E-state index is 0.476. The van der Waals surface area contributed by atoms with Gasteiger partial charge in [-0.25, -0.2) is 0 Å². The minimum absolute atomic E-state index is 0.476. The molecule has 4 heteroatoms. The van der Waals surface area contributed by atoms with E-state index in [0.29, 0.717) is 6.04 Å². The number of hydrogen-bond donors (Lipinski definition) is 1. The smallest absolute Gasteiger partial charge is 0.0466 e. The van der Waals surface area contributed by atoms with E-state index in [0.717, 1.165) is 42.6 Å². The van der Waals surface area contributed by atoms with E-state index >= 15 is 0 Å². The second kappa shape index (κ2) is 8.61. The summed E-state index contributed by atoms with van der Waals surface area (Å²) in [5, 5.41) is 3.33. The number of halogens is 1. The maximum atomic E-state index is 5.34. The second-order valence-corrected chi connectivity index (χ2v) is 4.91. The summed E-state index contributed by atoms with van der Waals surface area (Å²) in [6.45, 7) is 3.68. The first-order valence-corrected chi connectivity index (χ1v) is 6.91. The van der Waals surface area contributed by atoms with Crippen molar-refractivity contribution in [3.05, 3.63) is 28.5 Å². The summed E-state index contributed by atoms with van der Waals surface area (Å²) in [6, 6.07) is 4.58. The van der Waals surface area contributed by atoms with E-state index < -0.39 is 0 Å². The largest absolute Gasteiger partial charge is 0.382 e. The van der Waals surface area contributed by atoms with Gasteiger partial charge in [-0.15, -0.1) is 0 Å². The summed E-state index contributed by atoms with van der Waals surface area (Å²) in [7, 11) is 2.00. The van der Waals surface area contributed by atoms with Crippen LogP contribution in [0.2, 0.25) is 0 Å². The Morgan fingerprint density at radius 2 is 2.29 bits per heavy atom. The molecule has 1 aromatic heterocycles. The maximum absolute atomic E-state index is 5.34. The molecule has 0 fully saturated rings. The number of likely N-dealkylation sites (N-methyl/N-ethyl adjacent to an activating group) is 1. The average Bonchev–Trinajstić information content (AvgIpc) is 2.35. The van der Waals surface area contributed by atoms with E-state index in [9.17, 15) is 0 Å². The van der Waals surface area contributed by atoms with Crippen LogP contribution in [0.4, 0.5) is 0 Å². The molecule has 1 rings (SSSR count). The van der Waals surface area contributed by atoms with Crippen LogP contribution in [0.15, 0.2) is 22.8 Å². The van der Waals surface area contributed by atoms with E-state index in [-0.39, 0.29) is 0 Å². The van der Waals surface area contributed by atoms with Gasteiger partial charge in [-0.2, -0.15) is 0 Å². The summed E-state index contributed by atoms with van der Waals surface area (Å²) < 4.78 is 6.37. The third-order valence-electron chi connectivity index (χ3n) is 2.70. The first-order chi connectivity index (χ1) is 8.26. The van der Waals surface area contributed by atoms with Gasteiger partial charge < -0.3 is 10.1 Å². The van der Waals surface area contributed by atoms with Crippen molar-refractivity contribution in [2.24, 2.45) is 0 Å². The number of ether oxygens (including phenoxy) is 1. The first kappa shape index (κ1) is 14.6. The number of pyridine rings is 1. The van der Waals surface area contributed by atoms with Gasteiger partial charge in [-0.05, 0) is 54.9 Å².